The number of aliphatic hydroxyl groups excluding tert-OH is 1. The molecule has 0 aliphatic carbocycles. The second-order valence-electron chi connectivity index (χ2n) is 3.51. The molecule has 0 aromatic heterocycles. The fourth-order valence-electron chi connectivity index (χ4n) is 0.850. The van der Waals surface area contributed by atoms with E-state index in [1.54, 1.807) is 0 Å². The van der Waals surface area contributed by atoms with Crippen LogP contribution in [-0.4, -0.2) is 35.8 Å². The predicted molar refractivity (Wildman–Crippen MR) is 56.7 cm³/mol. The van der Waals surface area contributed by atoms with Gasteiger partial charge in [-0.1, -0.05) is 13.8 Å². The van der Waals surface area contributed by atoms with E-state index in [-0.39, 0.29) is 6.61 Å². The van der Waals surface area contributed by atoms with Crippen LogP contribution in [0.2, 0.25) is 0 Å². The summed E-state index contributed by atoms with van der Waals surface area (Å²) in [5.41, 5.74) is 0. The van der Waals surface area contributed by atoms with E-state index in [0.29, 0.717) is 12.6 Å². The molecule has 0 aromatic rings. The summed E-state index contributed by atoms with van der Waals surface area (Å²) >= 11 is 1.98. The smallest absolute Gasteiger partial charge is 0.0556 e. The molecular weight excluding hydrogens is 170 g/mol. The SMILES string of the molecule is CC(C)CSCC(C)NCCO. The second-order valence-corrected chi connectivity index (χ2v) is 4.58. The Kier molecular flexibility index (Phi) is 8.07. The van der Waals surface area contributed by atoms with Gasteiger partial charge in [0.2, 0.25) is 0 Å². The fraction of sp³-hybridized carbons (Fsp3) is 1.00. The van der Waals surface area contributed by atoms with Crippen molar-refractivity contribution >= 4 is 11.8 Å². The van der Waals surface area contributed by atoms with E-state index in [4.69, 9.17) is 5.11 Å². The number of nitrogens with one attached hydrogen (secondary N) is 1. The van der Waals surface area contributed by atoms with Crippen molar-refractivity contribution in [2.75, 3.05) is 24.7 Å². The van der Waals surface area contributed by atoms with Crippen LogP contribution in [0.5, 0.6) is 0 Å². The van der Waals surface area contributed by atoms with Crippen molar-refractivity contribution in [3.63, 3.8) is 0 Å². The van der Waals surface area contributed by atoms with Gasteiger partial charge in [-0.2, -0.15) is 11.8 Å². The normalized spacial score (nSPS) is 13.8. The van der Waals surface area contributed by atoms with E-state index >= 15 is 0 Å². The third-order valence-corrected chi connectivity index (χ3v) is 3.06. The van der Waals surface area contributed by atoms with Crippen molar-refractivity contribution in [2.24, 2.45) is 5.92 Å². The highest BCUT2D eigenvalue weighted by Crippen LogP contribution is 2.08. The minimum atomic E-state index is 0.235. The summed E-state index contributed by atoms with van der Waals surface area (Å²) in [5.74, 6) is 3.14. The summed E-state index contributed by atoms with van der Waals surface area (Å²) in [6, 6.07) is 0.515. The summed E-state index contributed by atoms with van der Waals surface area (Å²) in [5, 5.41) is 11.8. The summed E-state index contributed by atoms with van der Waals surface area (Å²) in [6.45, 7) is 7.57. The molecule has 2 nitrogen and oxygen atoms in total. The molecule has 0 aromatic carbocycles. The third-order valence-electron chi connectivity index (χ3n) is 1.42. The monoisotopic (exact) mass is 191 g/mol. The highest BCUT2D eigenvalue weighted by molar-refractivity contribution is 7.99. The Bertz CT molecular complexity index is 98.5. The van der Waals surface area contributed by atoms with Gasteiger partial charge in [-0.25, -0.2) is 0 Å². The lowest BCUT2D eigenvalue weighted by Gasteiger charge is -2.12. The van der Waals surface area contributed by atoms with E-state index in [2.05, 4.69) is 26.1 Å². The number of hydrogen-bond donors (Lipinski definition) is 2. The van der Waals surface area contributed by atoms with Crippen molar-refractivity contribution in [3.8, 4) is 0 Å². The zero-order valence-electron chi connectivity index (χ0n) is 8.34. The number of thioether (sulfide) groups is 1. The highest BCUT2D eigenvalue weighted by Gasteiger charge is 2.01. The van der Waals surface area contributed by atoms with Crippen LogP contribution >= 0.6 is 11.8 Å². The average molecular weight is 191 g/mol. The molecule has 0 radical (unpaired) electrons. The van der Waals surface area contributed by atoms with Crippen LogP contribution in [0.25, 0.3) is 0 Å². The summed E-state index contributed by atoms with van der Waals surface area (Å²) in [4.78, 5) is 0. The lowest BCUT2D eigenvalue weighted by molar-refractivity contribution is 0.288. The summed E-state index contributed by atoms with van der Waals surface area (Å²) < 4.78 is 0. The molecule has 12 heavy (non-hydrogen) atoms. The zero-order chi connectivity index (χ0) is 9.40. The first-order valence-electron chi connectivity index (χ1n) is 4.58. The predicted octanol–water partition coefficient (Wildman–Crippen LogP) is 1.35. The van der Waals surface area contributed by atoms with Gasteiger partial charge in [0.1, 0.15) is 0 Å². The van der Waals surface area contributed by atoms with Crippen LogP contribution in [0.3, 0.4) is 0 Å². The van der Waals surface area contributed by atoms with Gasteiger partial charge >= 0.3 is 0 Å². The molecule has 1 atom stereocenters. The van der Waals surface area contributed by atoms with Crippen molar-refractivity contribution in [1.29, 1.82) is 0 Å². The van der Waals surface area contributed by atoms with Crippen LogP contribution in [0, 0.1) is 5.92 Å². The van der Waals surface area contributed by atoms with E-state index < -0.39 is 0 Å². The van der Waals surface area contributed by atoms with Crippen molar-refractivity contribution in [1.82, 2.24) is 5.32 Å². The van der Waals surface area contributed by atoms with E-state index in [1.165, 1.54) is 5.75 Å². The first kappa shape index (κ1) is 12.3. The van der Waals surface area contributed by atoms with Gasteiger partial charge in [0.15, 0.2) is 0 Å². The van der Waals surface area contributed by atoms with Gasteiger partial charge in [-0.3, -0.25) is 0 Å². The number of hydrogen-bond acceptors (Lipinski definition) is 3. The average Bonchev–Trinajstić information content (AvgIpc) is 2.00. The minimum Gasteiger partial charge on any atom is -0.395 e. The van der Waals surface area contributed by atoms with Gasteiger partial charge in [-0.15, -0.1) is 0 Å². The summed E-state index contributed by atoms with van der Waals surface area (Å²) in [6.07, 6.45) is 0. The van der Waals surface area contributed by atoms with Gasteiger partial charge < -0.3 is 10.4 Å². The Hall–Kier alpha value is 0.270. The lowest BCUT2D eigenvalue weighted by atomic mass is 10.3. The molecule has 0 rings (SSSR count). The molecule has 0 saturated heterocycles. The molecule has 0 amide bonds. The van der Waals surface area contributed by atoms with E-state index in [1.807, 2.05) is 11.8 Å². The molecule has 0 aliphatic rings. The zero-order valence-corrected chi connectivity index (χ0v) is 9.16. The van der Waals surface area contributed by atoms with Gasteiger partial charge in [0.25, 0.3) is 0 Å². The molecule has 0 saturated carbocycles. The van der Waals surface area contributed by atoms with Crippen LogP contribution in [-0.2, 0) is 0 Å². The molecule has 74 valence electrons. The second kappa shape index (κ2) is 7.90. The standard InChI is InChI=1S/C9H21NOS/c1-8(2)6-12-7-9(3)10-4-5-11/h8-11H,4-7H2,1-3H3. The molecule has 1 unspecified atom stereocenters. The first-order chi connectivity index (χ1) is 5.66. The van der Waals surface area contributed by atoms with E-state index in [0.717, 1.165) is 11.7 Å². The van der Waals surface area contributed by atoms with Crippen molar-refractivity contribution in [2.45, 2.75) is 26.8 Å². The van der Waals surface area contributed by atoms with Crippen molar-refractivity contribution in [3.05, 3.63) is 0 Å². The quantitative estimate of drug-likeness (QED) is 0.637. The molecule has 0 heterocycles. The molecule has 0 bridgehead atoms. The first-order valence-corrected chi connectivity index (χ1v) is 5.74. The Labute approximate surface area is 80.1 Å². The molecule has 0 fully saturated rings. The largest absolute Gasteiger partial charge is 0.395 e. The Morgan fingerprint density at radius 2 is 1.92 bits per heavy atom. The number of aliphatic hydroxyl groups is 1. The molecule has 0 spiro atoms. The topological polar surface area (TPSA) is 32.3 Å². The van der Waals surface area contributed by atoms with Crippen LogP contribution < -0.4 is 5.32 Å². The molecule has 2 N–H and O–H groups in total. The Balaban J connectivity index is 3.13. The summed E-state index contributed by atoms with van der Waals surface area (Å²) in [7, 11) is 0. The Morgan fingerprint density at radius 1 is 1.25 bits per heavy atom. The van der Waals surface area contributed by atoms with Gasteiger partial charge in [-0.05, 0) is 18.6 Å². The van der Waals surface area contributed by atoms with Crippen LogP contribution in [0.15, 0.2) is 0 Å². The Morgan fingerprint density at radius 3 is 2.42 bits per heavy atom. The van der Waals surface area contributed by atoms with Gasteiger partial charge in [0.05, 0.1) is 6.61 Å². The van der Waals surface area contributed by atoms with Crippen LogP contribution in [0.1, 0.15) is 20.8 Å². The number of rotatable bonds is 7. The lowest BCUT2D eigenvalue weighted by Crippen LogP contribution is -2.30. The maximum absolute atomic E-state index is 8.56. The van der Waals surface area contributed by atoms with Crippen molar-refractivity contribution < 1.29 is 5.11 Å². The highest BCUT2D eigenvalue weighted by atomic mass is 32.2. The maximum Gasteiger partial charge on any atom is 0.0556 e. The van der Waals surface area contributed by atoms with Crippen LogP contribution in [0.4, 0.5) is 0 Å². The maximum atomic E-state index is 8.56. The fourth-order valence-corrected chi connectivity index (χ4v) is 1.93. The minimum absolute atomic E-state index is 0.235. The molecule has 3 heteroatoms. The van der Waals surface area contributed by atoms with Gasteiger partial charge in [0, 0.05) is 18.3 Å². The van der Waals surface area contributed by atoms with E-state index in [9.17, 15) is 0 Å². The third kappa shape index (κ3) is 8.37. The molecular formula is C9H21NOS. The molecule has 0 aliphatic heterocycles.